The second-order valence-corrected chi connectivity index (χ2v) is 8.64. The van der Waals surface area contributed by atoms with Gasteiger partial charge in [0, 0.05) is 30.1 Å². The predicted molar refractivity (Wildman–Crippen MR) is 116 cm³/mol. The third-order valence-electron chi connectivity index (χ3n) is 4.39. The molecule has 0 fully saturated rings. The average Bonchev–Trinajstić information content (AvgIpc) is 3.19. The molecule has 1 amide bonds. The lowest BCUT2D eigenvalue weighted by atomic mass is 10.2. The van der Waals surface area contributed by atoms with Crippen LogP contribution < -0.4 is 16.2 Å². The van der Waals surface area contributed by atoms with E-state index >= 15 is 0 Å². The summed E-state index contributed by atoms with van der Waals surface area (Å²) in [5, 5.41) is 6.96. The van der Waals surface area contributed by atoms with Crippen LogP contribution in [0, 0.1) is 0 Å². The highest BCUT2D eigenvalue weighted by molar-refractivity contribution is 7.98. The van der Waals surface area contributed by atoms with Crippen LogP contribution in [0.3, 0.4) is 0 Å². The molecule has 0 unspecified atom stereocenters. The Hall–Kier alpha value is -1.09. The smallest absolute Gasteiger partial charge is 0.259 e. The van der Waals surface area contributed by atoms with Crippen molar-refractivity contribution in [2.24, 2.45) is 0 Å². The molecule has 1 aliphatic rings. The summed E-state index contributed by atoms with van der Waals surface area (Å²) in [4.78, 5) is 33.9. The fourth-order valence-electron chi connectivity index (χ4n) is 3.13. The summed E-state index contributed by atoms with van der Waals surface area (Å²) >= 11 is 3.29. The molecule has 2 aromatic rings. The molecular weight excluding hydrogens is 404 g/mol. The molecule has 6 nitrogen and oxygen atoms in total. The number of thioether (sulfide) groups is 1. The first kappa shape index (κ1) is 22.2. The van der Waals surface area contributed by atoms with E-state index in [1.165, 1.54) is 10.4 Å². The summed E-state index contributed by atoms with van der Waals surface area (Å²) < 4.78 is 0. The Morgan fingerprint density at radius 3 is 2.96 bits per heavy atom. The van der Waals surface area contributed by atoms with Crippen molar-refractivity contribution in [3.05, 3.63) is 26.6 Å². The van der Waals surface area contributed by atoms with E-state index < -0.39 is 0 Å². The first-order valence-electron chi connectivity index (χ1n) is 9.27. The van der Waals surface area contributed by atoms with Crippen LogP contribution in [-0.2, 0) is 23.4 Å². The van der Waals surface area contributed by atoms with Crippen molar-refractivity contribution < 1.29 is 4.79 Å². The van der Waals surface area contributed by atoms with Crippen molar-refractivity contribution in [2.45, 2.75) is 44.8 Å². The number of aryl methyl sites for hydroxylation is 2. The van der Waals surface area contributed by atoms with E-state index in [1.54, 1.807) is 23.1 Å². The molecule has 0 bridgehead atoms. The average molecular weight is 431 g/mol. The van der Waals surface area contributed by atoms with Crippen LogP contribution in [0.15, 0.2) is 4.79 Å². The molecule has 2 heterocycles. The number of hydrogen-bond donors (Lipinski definition) is 3. The van der Waals surface area contributed by atoms with Gasteiger partial charge in [-0.2, -0.15) is 11.8 Å². The molecule has 0 aliphatic heterocycles. The van der Waals surface area contributed by atoms with Gasteiger partial charge in [-0.3, -0.25) is 9.59 Å². The van der Waals surface area contributed by atoms with Gasteiger partial charge < -0.3 is 15.6 Å². The molecule has 0 saturated carbocycles. The van der Waals surface area contributed by atoms with Gasteiger partial charge >= 0.3 is 0 Å². The molecule has 150 valence electrons. The fourth-order valence-corrected chi connectivity index (χ4v) is 5.21. The van der Waals surface area contributed by atoms with Crippen LogP contribution in [0.25, 0.3) is 10.2 Å². The lowest BCUT2D eigenvalue weighted by Gasteiger charge is -2.06. The highest BCUT2D eigenvalue weighted by Crippen LogP contribution is 2.34. The van der Waals surface area contributed by atoms with E-state index in [0.717, 1.165) is 54.7 Å². The van der Waals surface area contributed by atoms with E-state index in [1.807, 2.05) is 0 Å². The number of halogens is 1. The Morgan fingerprint density at radius 1 is 1.30 bits per heavy atom. The van der Waals surface area contributed by atoms with Gasteiger partial charge in [0.25, 0.3) is 5.56 Å². The maximum Gasteiger partial charge on any atom is 0.259 e. The second-order valence-electron chi connectivity index (χ2n) is 6.45. The molecule has 3 N–H and O–H groups in total. The highest BCUT2D eigenvalue weighted by atomic mass is 35.5. The number of H-pyrrole nitrogens is 1. The molecule has 0 aromatic carbocycles. The standard InChI is InChI=1S/C18H26N4O2S2.ClH/c1-2-7-19-8-9-20-15(23)6-10-25-11-14-21-17(24)16-12-4-3-5-13(12)26-18(16)22-14;/h19H,2-11H2,1H3,(H,20,23)(H,21,22,24);1H. The number of carbonyl (C=O) groups excluding carboxylic acids is 1. The van der Waals surface area contributed by atoms with Crippen molar-refractivity contribution in [1.82, 2.24) is 20.6 Å². The zero-order valence-corrected chi connectivity index (χ0v) is 18.0. The number of hydrogen-bond acceptors (Lipinski definition) is 6. The van der Waals surface area contributed by atoms with Gasteiger partial charge in [-0.05, 0) is 37.8 Å². The minimum Gasteiger partial charge on any atom is -0.355 e. The maximum atomic E-state index is 12.4. The first-order valence-corrected chi connectivity index (χ1v) is 11.2. The van der Waals surface area contributed by atoms with Crippen LogP contribution in [0.4, 0.5) is 0 Å². The van der Waals surface area contributed by atoms with Crippen LogP contribution in [-0.4, -0.2) is 41.3 Å². The van der Waals surface area contributed by atoms with Gasteiger partial charge in [-0.25, -0.2) is 4.98 Å². The SMILES string of the molecule is CCCNCCNC(=O)CCSCc1nc2sc3c(c2c(=O)[nH]1)CCC3.Cl. The topological polar surface area (TPSA) is 86.9 Å². The fraction of sp³-hybridized carbons (Fsp3) is 0.611. The summed E-state index contributed by atoms with van der Waals surface area (Å²) in [6, 6.07) is 0. The Bertz CT molecular complexity index is 822. The largest absolute Gasteiger partial charge is 0.355 e. The van der Waals surface area contributed by atoms with Crippen LogP contribution in [0.1, 0.15) is 42.5 Å². The number of amides is 1. The minimum absolute atomic E-state index is 0. The van der Waals surface area contributed by atoms with E-state index in [9.17, 15) is 9.59 Å². The zero-order valence-electron chi connectivity index (χ0n) is 15.6. The zero-order chi connectivity index (χ0) is 18.4. The number of fused-ring (bicyclic) bond motifs is 3. The van der Waals surface area contributed by atoms with Gasteiger partial charge in [-0.1, -0.05) is 6.92 Å². The molecule has 2 aromatic heterocycles. The molecule has 0 atom stereocenters. The number of nitrogens with zero attached hydrogens (tertiary/aromatic N) is 1. The first-order chi connectivity index (χ1) is 12.7. The van der Waals surface area contributed by atoms with Gasteiger partial charge in [-0.15, -0.1) is 23.7 Å². The molecular formula is C18H27ClN4O2S2. The summed E-state index contributed by atoms with van der Waals surface area (Å²) in [5.74, 6) is 2.12. The quantitative estimate of drug-likeness (QED) is 0.504. The van der Waals surface area contributed by atoms with Crippen LogP contribution >= 0.6 is 35.5 Å². The Labute approximate surface area is 173 Å². The Balaban J connectivity index is 0.00000261. The van der Waals surface area contributed by atoms with Crippen molar-refractivity contribution in [1.29, 1.82) is 0 Å². The Morgan fingerprint density at radius 2 is 2.15 bits per heavy atom. The molecule has 0 saturated heterocycles. The molecule has 0 radical (unpaired) electrons. The summed E-state index contributed by atoms with van der Waals surface area (Å²) in [6.45, 7) is 4.57. The molecule has 9 heteroatoms. The van der Waals surface area contributed by atoms with Crippen molar-refractivity contribution >= 4 is 51.6 Å². The van der Waals surface area contributed by atoms with Crippen molar-refractivity contribution in [3.8, 4) is 0 Å². The Kier molecular flexibility index (Phi) is 9.08. The van der Waals surface area contributed by atoms with Crippen LogP contribution in [0.5, 0.6) is 0 Å². The third kappa shape index (κ3) is 5.94. The number of carbonyl (C=O) groups is 1. The van der Waals surface area contributed by atoms with Crippen LogP contribution in [0.2, 0.25) is 0 Å². The number of rotatable bonds is 10. The summed E-state index contributed by atoms with van der Waals surface area (Å²) in [6.07, 6.45) is 4.80. The van der Waals surface area contributed by atoms with Crippen molar-refractivity contribution in [3.63, 3.8) is 0 Å². The molecule has 0 spiro atoms. The highest BCUT2D eigenvalue weighted by Gasteiger charge is 2.20. The van der Waals surface area contributed by atoms with Gasteiger partial charge in [0.2, 0.25) is 5.91 Å². The third-order valence-corrected chi connectivity index (χ3v) is 6.54. The lowest BCUT2D eigenvalue weighted by Crippen LogP contribution is -2.32. The second kappa shape index (κ2) is 11.0. The minimum atomic E-state index is -0.0117. The van der Waals surface area contributed by atoms with Gasteiger partial charge in [0.15, 0.2) is 0 Å². The number of aromatic nitrogens is 2. The molecule has 3 rings (SSSR count). The molecule has 1 aliphatic carbocycles. The number of nitrogens with one attached hydrogen (secondary N) is 3. The van der Waals surface area contributed by atoms with Gasteiger partial charge in [0.05, 0.1) is 11.1 Å². The predicted octanol–water partition coefficient (Wildman–Crippen LogP) is 2.63. The number of thiophene rings is 1. The van der Waals surface area contributed by atoms with E-state index in [2.05, 4.69) is 27.5 Å². The van der Waals surface area contributed by atoms with E-state index in [4.69, 9.17) is 0 Å². The van der Waals surface area contributed by atoms with E-state index in [0.29, 0.717) is 24.5 Å². The summed E-state index contributed by atoms with van der Waals surface area (Å²) in [7, 11) is 0. The summed E-state index contributed by atoms with van der Waals surface area (Å²) in [5.41, 5.74) is 1.20. The number of aromatic amines is 1. The van der Waals surface area contributed by atoms with Gasteiger partial charge in [0.1, 0.15) is 10.7 Å². The van der Waals surface area contributed by atoms with Crippen molar-refractivity contribution in [2.75, 3.05) is 25.4 Å². The maximum absolute atomic E-state index is 12.4. The molecule has 27 heavy (non-hydrogen) atoms. The lowest BCUT2D eigenvalue weighted by molar-refractivity contribution is -0.120. The van der Waals surface area contributed by atoms with E-state index in [-0.39, 0.29) is 23.9 Å². The monoisotopic (exact) mass is 430 g/mol. The normalized spacial score (nSPS) is 12.8.